The zero-order valence-electron chi connectivity index (χ0n) is 9.21. The number of hydrogen-bond donors (Lipinski definition) is 0. The SMILES string of the molecule is CC(C)O[SiH](OC(C)C)C(C)CBr. The largest absolute Gasteiger partial charge is 0.394 e. The lowest BCUT2D eigenvalue weighted by atomic mass is 10.5. The van der Waals surface area contributed by atoms with Gasteiger partial charge in [-0.2, -0.15) is 0 Å². The quantitative estimate of drug-likeness (QED) is 0.545. The molecule has 0 spiro atoms. The molecule has 4 heteroatoms. The maximum absolute atomic E-state index is 5.80. The lowest BCUT2D eigenvalue weighted by Gasteiger charge is -2.25. The fraction of sp³-hybridized carbons (Fsp3) is 1.00. The molecule has 0 aromatic carbocycles. The highest BCUT2D eigenvalue weighted by Crippen LogP contribution is 2.17. The number of rotatable bonds is 6. The van der Waals surface area contributed by atoms with Gasteiger partial charge < -0.3 is 8.85 Å². The van der Waals surface area contributed by atoms with Gasteiger partial charge in [0.05, 0.1) is 0 Å². The Balaban J connectivity index is 4.02. The highest BCUT2D eigenvalue weighted by molar-refractivity contribution is 9.09. The van der Waals surface area contributed by atoms with Crippen molar-refractivity contribution < 1.29 is 8.85 Å². The van der Waals surface area contributed by atoms with Crippen molar-refractivity contribution in [3.8, 4) is 0 Å². The smallest absolute Gasteiger partial charge is 0.325 e. The molecule has 0 bridgehead atoms. The van der Waals surface area contributed by atoms with Gasteiger partial charge in [0, 0.05) is 23.1 Å². The molecule has 2 nitrogen and oxygen atoms in total. The van der Waals surface area contributed by atoms with Crippen LogP contribution in [0.2, 0.25) is 5.54 Å². The van der Waals surface area contributed by atoms with E-state index in [2.05, 4.69) is 50.5 Å². The van der Waals surface area contributed by atoms with Crippen LogP contribution < -0.4 is 0 Å². The number of halogens is 1. The van der Waals surface area contributed by atoms with Crippen molar-refractivity contribution in [1.82, 2.24) is 0 Å². The van der Waals surface area contributed by atoms with Crippen molar-refractivity contribution in [3.05, 3.63) is 0 Å². The Hall–Kier alpha value is 0.617. The Bertz CT molecular complexity index is 121. The first kappa shape index (κ1) is 13.6. The molecule has 13 heavy (non-hydrogen) atoms. The summed E-state index contributed by atoms with van der Waals surface area (Å²) in [6.07, 6.45) is 0.550. The third-order valence-corrected chi connectivity index (χ3v) is 6.02. The third-order valence-electron chi connectivity index (χ3n) is 1.52. The Morgan fingerprint density at radius 1 is 1.00 bits per heavy atom. The first-order valence-corrected chi connectivity index (χ1v) is 7.57. The molecule has 0 radical (unpaired) electrons. The molecule has 0 heterocycles. The van der Waals surface area contributed by atoms with Crippen molar-refractivity contribution >= 4 is 25.2 Å². The van der Waals surface area contributed by atoms with Crippen LogP contribution in [0.1, 0.15) is 34.6 Å². The summed E-state index contributed by atoms with van der Waals surface area (Å²) in [4.78, 5) is 0. The van der Waals surface area contributed by atoms with Gasteiger partial charge in [0.15, 0.2) is 0 Å². The molecule has 0 fully saturated rings. The van der Waals surface area contributed by atoms with Gasteiger partial charge in [0.25, 0.3) is 0 Å². The van der Waals surface area contributed by atoms with Gasteiger partial charge in [-0.3, -0.25) is 0 Å². The monoisotopic (exact) mass is 268 g/mol. The molecule has 0 aliphatic carbocycles. The van der Waals surface area contributed by atoms with Gasteiger partial charge in [-0.05, 0) is 27.7 Å². The van der Waals surface area contributed by atoms with Gasteiger partial charge >= 0.3 is 9.28 Å². The summed E-state index contributed by atoms with van der Waals surface area (Å²) in [5.41, 5.74) is 0.518. The van der Waals surface area contributed by atoms with E-state index in [4.69, 9.17) is 8.85 Å². The summed E-state index contributed by atoms with van der Waals surface area (Å²) in [5, 5.41) is 0.962. The lowest BCUT2D eigenvalue weighted by Crippen LogP contribution is -2.33. The summed E-state index contributed by atoms with van der Waals surface area (Å²) in [6.45, 7) is 10.4. The molecule has 0 saturated heterocycles. The van der Waals surface area contributed by atoms with E-state index in [9.17, 15) is 0 Å². The van der Waals surface area contributed by atoms with E-state index in [1.54, 1.807) is 0 Å². The van der Waals surface area contributed by atoms with Gasteiger partial charge in [0.2, 0.25) is 0 Å². The first-order chi connectivity index (χ1) is 5.97. The topological polar surface area (TPSA) is 18.5 Å². The third kappa shape index (κ3) is 6.66. The number of alkyl halides is 1. The second-order valence-corrected chi connectivity index (χ2v) is 6.94. The zero-order valence-corrected chi connectivity index (χ0v) is 12.0. The normalized spacial score (nSPS) is 14.5. The second-order valence-electron chi connectivity index (χ2n) is 3.87. The van der Waals surface area contributed by atoms with E-state index < -0.39 is 9.28 Å². The van der Waals surface area contributed by atoms with Crippen LogP contribution in [0.25, 0.3) is 0 Å². The fourth-order valence-corrected chi connectivity index (χ4v) is 3.64. The summed E-state index contributed by atoms with van der Waals surface area (Å²) < 4.78 is 11.6. The summed E-state index contributed by atoms with van der Waals surface area (Å²) >= 11 is 3.47. The van der Waals surface area contributed by atoms with Crippen molar-refractivity contribution in [2.45, 2.75) is 52.4 Å². The standard InChI is InChI=1S/C9H21BrO2Si/c1-7(2)11-13(9(5)6-10)12-8(3)4/h7-9,13H,6H2,1-5H3. The zero-order chi connectivity index (χ0) is 10.4. The second kappa shape index (κ2) is 6.98. The molecule has 1 unspecified atom stereocenters. The first-order valence-electron chi connectivity index (χ1n) is 4.84. The minimum Gasteiger partial charge on any atom is -0.394 e. The van der Waals surface area contributed by atoms with Crippen LogP contribution in [0.3, 0.4) is 0 Å². The maximum Gasteiger partial charge on any atom is 0.325 e. The van der Waals surface area contributed by atoms with Gasteiger partial charge in [0.1, 0.15) is 0 Å². The molecule has 0 saturated carbocycles. The van der Waals surface area contributed by atoms with E-state index in [-0.39, 0.29) is 12.2 Å². The molecule has 0 N–H and O–H groups in total. The predicted molar refractivity (Wildman–Crippen MR) is 62.8 cm³/mol. The van der Waals surface area contributed by atoms with E-state index >= 15 is 0 Å². The fourth-order valence-electron chi connectivity index (χ4n) is 0.910. The van der Waals surface area contributed by atoms with Crippen molar-refractivity contribution in [1.29, 1.82) is 0 Å². The number of hydrogen-bond acceptors (Lipinski definition) is 2. The van der Waals surface area contributed by atoms with E-state index in [1.807, 2.05) is 0 Å². The summed E-state index contributed by atoms with van der Waals surface area (Å²) in [5.74, 6) is 0. The van der Waals surface area contributed by atoms with Gasteiger partial charge in [-0.1, -0.05) is 22.9 Å². The molecular weight excluding hydrogens is 248 g/mol. The van der Waals surface area contributed by atoms with E-state index in [0.29, 0.717) is 5.54 Å². The minimum absolute atomic E-state index is 0.275. The average Bonchev–Trinajstić information content (AvgIpc) is 2.00. The van der Waals surface area contributed by atoms with Crippen LogP contribution in [0, 0.1) is 0 Å². The highest BCUT2D eigenvalue weighted by atomic mass is 79.9. The molecule has 0 aromatic heterocycles. The van der Waals surface area contributed by atoms with Gasteiger partial charge in [-0.15, -0.1) is 0 Å². The molecule has 0 aliphatic rings. The van der Waals surface area contributed by atoms with Crippen molar-refractivity contribution in [2.24, 2.45) is 0 Å². The molecule has 80 valence electrons. The Morgan fingerprint density at radius 2 is 1.38 bits per heavy atom. The molecule has 0 amide bonds. The van der Waals surface area contributed by atoms with Crippen LogP contribution in [-0.4, -0.2) is 26.8 Å². The average molecular weight is 269 g/mol. The van der Waals surface area contributed by atoms with Crippen LogP contribution >= 0.6 is 15.9 Å². The Morgan fingerprint density at radius 3 is 1.62 bits per heavy atom. The predicted octanol–water partition coefficient (Wildman–Crippen LogP) is 2.84. The van der Waals surface area contributed by atoms with Gasteiger partial charge in [-0.25, -0.2) is 0 Å². The van der Waals surface area contributed by atoms with Crippen LogP contribution in [0.4, 0.5) is 0 Å². The summed E-state index contributed by atoms with van der Waals surface area (Å²) in [7, 11) is -1.49. The van der Waals surface area contributed by atoms with Crippen molar-refractivity contribution in [2.75, 3.05) is 5.33 Å². The molecule has 0 rings (SSSR count). The Labute approximate surface area is 92.0 Å². The highest BCUT2D eigenvalue weighted by Gasteiger charge is 2.23. The summed E-state index contributed by atoms with van der Waals surface area (Å²) in [6, 6.07) is 0. The molecule has 0 aromatic rings. The Kier molecular flexibility index (Phi) is 7.31. The maximum atomic E-state index is 5.80. The van der Waals surface area contributed by atoms with Crippen molar-refractivity contribution in [3.63, 3.8) is 0 Å². The van der Waals surface area contributed by atoms with Crippen LogP contribution in [0.5, 0.6) is 0 Å². The minimum atomic E-state index is -1.49. The molecular formula is C9H21BrO2Si. The van der Waals surface area contributed by atoms with E-state index in [1.165, 1.54) is 0 Å². The van der Waals surface area contributed by atoms with Crippen LogP contribution in [-0.2, 0) is 8.85 Å². The molecule has 1 atom stereocenters. The molecule has 0 aliphatic heterocycles. The van der Waals surface area contributed by atoms with E-state index in [0.717, 1.165) is 5.33 Å². The van der Waals surface area contributed by atoms with Crippen LogP contribution in [0.15, 0.2) is 0 Å². The lowest BCUT2D eigenvalue weighted by molar-refractivity contribution is 0.125.